The molecule has 5 heteroatoms. The van der Waals surface area contributed by atoms with Gasteiger partial charge in [0.15, 0.2) is 0 Å². The highest BCUT2D eigenvalue weighted by Crippen LogP contribution is 2.20. The number of carbonyl (C=O) groups excluding carboxylic acids is 1. The second-order valence-corrected chi connectivity index (χ2v) is 7.67. The first-order chi connectivity index (χ1) is 12.0. The number of carbonyl (C=O) groups is 1. The van der Waals surface area contributed by atoms with Crippen molar-refractivity contribution in [3.8, 4) is 0 Å². The highest BCUT2D eigenvalue weighted by Gasteiger charge is 2.21. The average molecular weight is 342 g/mol. The SMILES string of the molecule is Cc1nn(CC(=O)NCCCN2CC(C)CC(C)C2)c2ccccc12. The quantitative estimate of drug-likeness (QED) is 0.821. The Morgan fingerprint density at radius 3 is 2.72 bits per heavy atom. The number of fused-ring (bicyclic) bond motifs is 1. The molecule has 0 spiro atoms. The van der Waals surface area contributed by atoms with Crippen LogP contribution in [-0.4, -0.2) is 46.8 Å². The summed E-state index contributed by atoms with van der Waals surface area (Å²) in [4.78, 5) is 14.8. The Balaban J connectivity index is 1.44. The normalized spacial score (nSPS) is 21.6. The van der Waals surface area contributed by atoms with Crippen molar-refractivity contribution in [2.75, 3.05) is 26.2 Å². The molecule has 0 aliphatic carbocycles. The topological polar surface area (TPSA) is 50.2 Å². The summed E-state index contributed by atoms with van der Waals surface area (Å²) in [7, 11) is 0. The summed E-state index contributed by atoms with van der Waals surface area (Å²) in [6.45, 7) is 11.1. The maximum Gasteiger partial charge on any atom is 0.241 e. The van der Waals surface area contributed by atoms with Crippen LogP contribution in [0.25, 0.3) is 10.9 Å². The molecule has 0 saturated carbocycles. The number of hydrogen-bond donors (Lipinski definition) is 1. The van der Waals surface area contributed by atoms with Crippen LogP contribution < -0.4 is 5.32 Å². The zero-order chi connectivity index (χ0) is 17.8. The molecule has 2 unspecified atom stereocenters. The Hall–Kier alpha value is -1.88. The molecule has 1 aliphatic rings. The number of amides is 1. The number of aromatic nitrogens is 2. The molecule has 2 heterocycles. The minimum Gasteiger partial charge on any atom is -0.354 e. The van der Waals surface area contributed by atoms with Crippen LogP contribution in [0.5, 0.6) is 0 Å². The van der Waals surface area contributed by atoms with E-state index in [2.05, 4.69) is 29.2 Å². The van der Waals surface area contributed by atoms with Gasteiger partial charge in [-0.2, -0.15) is 5.10 Å². The predicted octanol–water partition coefficient (Wildman–Crippen LogP) is 2.83. The number of para-hydroxylation sites is 1. The van der Waals surface area contributed by atoms with E-state index in [-0.39, 0.29) is 12.5 Å². The number of piperidine rings is 1. The van der Waals surface area contributed by atoms with Gasteiger partial charge in [0.25, 0.3) is 0 Å². The van der Waals surface area contributed by atoms with Crippen LogP contribution in [0, 0.1) is 18.8 Å². The van der Waals surface area contributed by atoms with Gasteiger partial charge in [0.1, 0.15) is 6.54 Å². The predicted molar refractivity (Wildman–Crippen MR) is 101 cm³/mol. The van der Waals surface area contributed by atoms with E-state index < -0.39 is 0 Å². The van der Waals surface area contributed by atoms with Crippen molar-refractivity contribution in [2.45, 2.75) is 40.2 Å². The van der Waals surface area contributed by atoms with E-state index in [0.717, 1.165) is 47.9 Å². The van der Waals surface area contributed by atoms with Crippen molar-refractivity contribution in [3.05, 3.63) is 30.0 Å². The maximum atomic E-state index is 12.2. The molecule has 1 aliphatic heterocycles. The van der Waals surface area contributed by atoms with E-state index >= 15 is 0 Å². The fourth-order valence-electron chi connectivity index (χ4n) is 4.11. The van der Waals surface area contributed by atoms with Gasteiger partial charge in [-0.1, -0.05) is 32.0 Å². The zero-order valence-electron chi connectivity index (χ0n) is 15.7. The molecule has 3 rings (SSSR count). The number of nitrogens with one attached hydrogen (secondary N) is 1. The Morgan fingerprint density at radius 2 is 1.96 bits per heavy atom. The van der Waals surface area contributed by atoms with Crippen molar-refractivity contribution < 1.29 is 4.79 Å². The Kier molecular flexibility index (Phi) is 5.74. The van der Waals surface area contributed by atoms with Crippen molar-refractivity contribution in [2.24, 2.45) is 11.8 Å². The van der Waals surface area contributed by atoms with Crippen LogP contribution in [0.2, 0.25) is 0 Å². The number of benzene rings is 1. The minimum atomic E-state index is 0.0358. The summed E-state index contributed by atoms with van der Waals surface area (Å²) >= 11 is 0. The second-order valence-electron chi connectivity index (χ2n) is 7.67. The average Bonchev–Trinajstić information content (AvgIpc) is 2.87. The van der Waals surface area contributed by atoms with Gasteiger partial charge in [0.2, 0.25) is 5.91 Å². The summed E-state index contributed by atoms with van der Waals surface area (Å²) in [5, 5.41) is 8.65. The van der Waals surface area contributed by atoms with Gasteiger partial charge < -0.3 is 10.2 Å². The van der Waals surface area contributed by atoms with Gasteiger partial charge in [0, 0.05) is 25.0 Å². The molecule has 5 nitrogen and oxygen atoms in total. The molecule has 2 atom stereocenters. The third-order valence-electron chi connectivity index (χ3n) is 5.05. The first kappa shape index (κ1) is 17.9. The molecule has 0 bridgehead atoms. The molecule has 1 fully saturated rings. The largest absolute Gasteiger partial charge is 0.354 e. The number of aryl methyl sites for hydroxylation is 1. The molecule has 2 aromatic rings. The van der Waals surface area contributed by atoms with Crippen LogP contribution >= 0.6 is 0 Å². The van der Waals surface area contributed by atoms with Crippen LogP contribution in [0.1, 0.15) is 32.4 Å². The molecular weight excluding hydrogens is 312 g/mol. The number of likely N-dealkylation sites (tertiary alicyclic amines) is 1. The van der Waals surface area contributed by atoms with Crippen LogP contribution in [0.3, 0.4) is 0 Å². The van der Waals surface area contributed by atoms with E-state index in [1.165, 1.54) is 19.5 Å². The number of nitrogens with zero attached hydrogens (tertiary/aromatic N) is 3. The van der Waals surface area contributed by atoms with Gasteiger partial charge in [-0.05, 0) is 44.2 Å². The Labute approximate surface area is 150 Å². The van der Waals surface area contributed by atoms with Crippen LogP contribution in [0.15, 0.2) is 24.3 Å². The second kappa shape index (κ2) is 8.00. The summed E-state index contributed by atoms with van der Waals surface area (Å²) in [5.74, 6) is 1.61. The Morgan fingerprint density at radius 1 is 1.24 bits per heavy atom. The molecular formula is C20H30N4O. The standard InChI is InChI=1S/C20H30N4O/c1-15-11-16(2)13-23(12-15)10-6-9-21-20(25)14-24-19-8-5-4-7-18(19)17(3)22-24/h4-5,7-8,15-16H,6,9-14H2,1-3H3,(H,21,25). The van der Waals surface area contributed by atoms with E-state index in [1.807, 2.05) is 31.2 Å². The molecule has 0 radical (unpaired) electrons. The van der Waals surface area contributed by atoms with Crippen molar-refractivity contribution in [1.29, 1.82) is 0 Å². The monoisotopic (exact) mass is 342 g/mol. The lowest BCUT2D eigenvalue weighted by atomic mass is 9.92. The minimum absolute atomic E-state index is 0.0358. The van der Waals surface area contributed by atoms with Crippen molar-refractivity contribution in [3.63, 3.8) is 0 Å². The third-order valence-corrected chi connectivity index (χ3v) is 5.05. The maximum absolute atomic E-state index is 12.2. The number of hydrogen-bond acceptors (Lipinski definition) is 3. The summed E-state index contributed by atoms with van der Waals surface area (Å²) in [6.07, 6.45) is 2.34. The first-order valence-corrected chi connectivity index (χ1v) is 9.44. The number of rotatable bonds is 6. The summed E-state index contributed by atoms with van der Waals surface area (Å²) < 4.78 is 1.80. The fraction of sp³-hybridized carbons (Fsp3) is 0.600. The van der Waals surface area contributed by atoms with Gasteiger partial charge in [-0.15, -0.1) is 0 Å². The molecule has 1 aromatic carbocycles. The molecule has 1 saturated heterocycles. The van der Waals surface area contributed by atoms with Gasteiger partial charge in [-0.3, -0.25) is 9.48 Å². The highest BCUT2D eigenvalue weighted by atomic mass is 16.2. The first-order valence-electron chi connectivity index (χ1n) is 9.44. The zero-order valence-corrected chi connectivity index (χ0v) is 15.7. The Bertz CT molecular complexity index is 714. The van der Waals surface area contributed by atoms with Crippen LogP contribution in [-0.2, 0) is 11.3 Å². The van der Waals surface area contributed by atoms with E-state index in [4.69, 9.17) is 0 Å². The van der Waals surface area contributed by atoms with Gasteiger partial charge >= 0.3 is 0 Å². The summed E-state index contributed by atoms with van der Waals surface area (Å²) in [6, 6.07) is 8.05. The van der Waals surface area contributed by atoms with E-state index in [1.54, 1.807) is 4.68 Å². The lowest BCUT2D eigenvalue weighted by molar-refractivity contribution is -0.121. The van der Waals surface area contributed by atoms with Crippen molar-refractivity contribution in [1.82, 2.24) is 20.0 Å². The van der Waals surface area contributed by atoms with E-state index in [9.17, 15) is 4.79 Å². The molecule has 25 heavy (non-hydrogen) atoms. The lowest BCUT2D eigenvalue weighted by Crippen LogP contribution is -2.40. The van der Waals surface area contributed by atoms with Crippen molar-refractivity contribution >= 4 is 16.8 Å². The highest BCUT2D eigenvalue weighted by molar-refractivity contribution is 5.84. The van der Waals surface area contributed by atoms with E-state index in [0.29, 0.717) is 0 Å². The molecule has 1 amide bonds. The molecule has 136 valence electrons. The fourth-order valence-corrected chi connectivity index (χ4v) is 4.11. The molecule has 1 N–H and O–H groups in total. The summed E-state index contributed by atoms with van der Waals surface area (Å²) in [5.41, 5.74) is 1.99. The smallest absolute Gasteiger partial charge is 0.241 e. The van der Waals surface area contributed by atoms with Crippen LogP contribution in [0.4, 0.5) is 0 Å². The lowest BCUT2D eigenvalue weighted by Gasteiger charge is -2.34. The molecule has 1 aromatic heterocycles. The van der Waals surface area contributed by atoms with Gasteiger partial charge in [-0.25, -0.2) is 0 Å². The van der Waals surface area contributed by atoms with Gasteiger partial charge in [0.05, 0.1) is 11.2 Å². The third kappa shape index (κ3) is 4.60.